The van der Waals surface area contributed by atoms with Crippen LogP contribution in [0.25, 0.3) is 0 Å². The number of hydrogen-bond donors (Lipinski definition) is 0. The van der Waals surface area contributed by atoms with Crippen LogP contribution in [0.1, 0.15) is 5.56 Å². The summed E-state index contributed by atoms with van der Waals surface area (Å²) in [5, 5.41) is 8.84. The van der Waals surface area contributed by atoms with E-state index >= 15 is 0 Å². The quantitative estimate of drug-likeness (QED) is 0.384. The molecule has 0 heterocycles. The fourth-order valence-corrected chi connectivity index (χ4v) is 3.69. The summed E-state index contributed by atoms with van der Waals surface area (Å²) in [5.74, 6) is 0.878. The van der Waals surface area contributed by atoms with E-state index in [4.69, 9.17) is 10.00 Å². The number of rotatable bonds is 3. The van der Waals surface area contributed by atoms with E-state index in [1.165, 1.54) is 7.14 Å². The average Bonchev–Trinajstić information content (AvgIpc) is 2.45. The summed E-state index contributed by atoms with van der Waals surface area (Å²) in [6, 6.07) is 18.1. The van der Waals surface area contributed by atoms with Crippen LogP contribution in [0.4, 0.5) is 25.2 Å². The van der Waals surface area contributed by atoms with Crippen LogP contribution in [0.15, 0.2) is 48.5 Å². The normalized spacial score (nSPS) is 13.6. The number of halogens is 7. The first kappa shape index (κ1) is 20.5. The molecule has 0 aromatic heterocycles. The van der Waals surface area contributed by atoms with Gasteiger partial charge in [-0.25, -0.2) is 0 Å². The number of ether oxygens (including phenoxy) is 1. The maximum atomic E-state index is 9.87. The van der Waals surface area contributed by atoms with Crippen molar-refractivity contribution < 1.29 is 51.1 Å². The third-order valence-electron chi connectivity index (χ3n) is 2.22. The van der Waals surface area contributed by atoms with Gasteiger partial charge in [-0.3, -0.25) is 0 Å². The second-order valence-electron chi connectivity index (χ2n) is 4.33. The van der Waals surface area contributed by atoms with Crippen molar-refractivity contribution in [2.45, 2.75) is 0 Å². The first-order chi connectivity index (χ1) is 10.8. The maximum absolute atomic E-state index is 10.7. The average molecular weight is 481 g/mol. The van der Waals surface area contributed by atoms with Crippen LogP contribution >= 0.6 is 7.81 Å². The summed E-state index contributed by atoms with van der Waals surface area (Å²) < 4.78 is 66.9. The molecule has 0 atom stereocenters. The third-order valence-corrected chi connectivity index (χ3v) is 4.86. The minimum absolute atomic E-state index is 0.219. The van der Waals surface area contributed by atoms with Crippen LogP contribution in [0, 0.1) is 18.5 Å². The molecular formula is C14H11F6INOP. The molecular weight excluding hydrogens is 470 g/mol. The monoisotopic (exact) mass is 481 g/mol. The number of nitriles is 1. The molecule has 0 radical (unpaired) electrons. The van der Waals surface area contributed by atoms with E-state index in [9.17, 15) is 25.2 Å². The molecule has 0 amide bonds. The second kappa shape index (κ2) is 6.76. The van der Waals surface area contributed by atoms with E-state index in [0.717, 1.165) is 11.3 Å². The van der Waals surface area contributed by atoms with Gasteiger partial charge in [0.25, 0.3) is 0 Å². The van der Waals surface area contributed by atoms with E-state index in [1.807, 2.05) is 30.3 Å². The number of methoxy groups -OCH3 is 1. The van der Waals surface area contributed by atoms with Gasteiger partial charge in [-0.05, 0) is 36.4 Å². The summed E-state index contributed by atoms with van der Waals surface area (Å²) in [5.41, 5.74) is 0.732. The van der Waals surface area contributed by atoms with Crippen molar-refractivity contribution in [3.05, 3.63) is 61.2 Å². The summed E-state index contributed by atoms with van der Waals surface area (Å²) >= 11 is -0.219. The van der Waals surface area contributed by atoms with Gasteiger partial charge in [0, 0.05) is 6.07 Å². The molecule has 2 rings (SSSR count). The molecule has 0 aliphatic rings. The van der Waals surface area contributed by atoms with Crippen molar-refractivity contribution in [2.75, 3.05) is 7.11 Å². The van der Waals surface area contributed by atoms with Gasteiger partial charge in [0.15, 0.2) is 7.14 Å². The minimum atomic E-state index is -10.7. The van der Waals surface area contributed by atoms with Gasteiger partial charge in [-0.2, -0.15) is 5.26 Å². The predicted molar refractivity (Wildman–Crippen MR) is 75.1 cm³/mol. The zero-order valence-corrected chi connectivity index (χ0v) is 15.1. The molecule has 2 aromatic rings. The van der Waals surface area contributed by atoms with Gasteiger partial charge in [0.05, 0.1) is 18.7 Å². The van der Waals surface area contributed by atoms with Gasteiger partial charge in [0.2, 0.25) is 0 Å². The van der Waals surface area contributed by atoms with Gasteiger partial charge >= 0.3 is 54.2 Å². The summed E-state index contributed by atoms with van der Waals surface area (Å²) in [6.07, 6.45) is 0. The van der Waals surface area contributed by atoms with E-state index in [1.54, 1.807) is 7.11 Å². The van der Waals surface area contributed by atoms with E-state index in [0.29, 0.717) is 0 Å². The molecule has 0 spiro atoms. The molecule has 0 aliphatic heterocycles. The third kappa shape index (κ3) is 11.1. The van der Waals surface area contributed by atoms with Crippen molar-refractivity contribution in [1.82, 2.24) is 0 Å². The van der Waals surface area contributed by atoms with Crippen molar-refractivity contribution in [3.63, 3.8) is 0 Å². The molecule has 0 N–H and O–H groups in total. The molecule has 132 valence electrons. The standard InChI is InChI=1S/C14H11INO.F6P/c1-17-14-7-5-12(6-8-14)15-13-4-2-3-11(9-13)10-16;1-7(2,3,4,5)6/h2-9H,1H3;/q+1;-1. The first-order valence-electron chi connectivity index (χ1n) is 6.12. The summed E-state index contributed by atoms with van der Waals surface area (Å²) in [6.45, 7) is 0. The fraction of sp³-hybridized carbons (Fsp3) is 0.0714. The van der Waals surface area contributed by atoms with Gasteiger partial charge in [-0.15, -0.1) is 0 Å². The predicted octanol–water partition coefficient (Wildman–Crippen LogP) is 3.08. The Morgan fingerprint density at radius 1 is 0.917 bits per heavy atom. The van der Waals surface area contributed by atoms with Crippen LogP contribution in [0.3, 0.4) is 0 Å². The van der Waals surface area contributed by atoms with Crippen LogP contribution in [-0.2, 0) is 0 Å². The van der Waals surface area contributed by atoms with Gasteiger partial charge in [-0.1, -0.05) is 6.07 Å². The Balaban J connectivity index is 0.000000351. The van der Waals surface area contributed by atoms with Crippen LogP contribution < -0.4 is 25.9 Å². The second-order valence-corrected chi connectivity index (χ2v) is 9.28. The fourth-order valence-electron chi connectivity index (χ4n) is 1.38. The zero-order valence-electron chi connectivity index (χ0n) is 12.1. The molecule has 2 nitrogen and oxygen atoms in total. The molecule has 0 unspecified atom stereocenters. The molecule has 0 fully saturated rings. The molecule has 0 saturated heterocycles. The Bertz CT molecular complexity index is 729. The van der Waals surface area contributed by atoms with Gasteiger partial charge in [0.1, 0.15) is 5.75 Å². The first-order valence-corrected chi connectivity index (χ1v) is 10.3. The van der Waals surface area contributed by atoms with Crippen molar-refractivity contribution in [2.24, 2.45) is 0 Å². The topological polar surface area (TPSA) is 33.0 Å². The molecule has 24 heavy (non-hydrogen) atoms. The van der Waals surface area contributed by atoms with Gasteiger partial charge < -0.3 is 4.74 Å². The zero-order chi connectivity index (χ0) is 18.5. The number of hydrogen-bond acceptors (Lipinski definition) is 2. The van der Waals surface area contributed by atoms with E-state index < -0.39 is 7.81 Å². The molecule has 0 bridgehead atoms. The molecule has 0 aliphatic carbocycles. The van der Waals surface area contributed by atoms with E-state index in [2.05, 4.69) is 24.3 Å². The molecule has 10 heteroatoms. The Labute approximate surface area is 144 Å². The Morgan fingerprint density at radius 2 is 1.46 bits per heavy atom. The Kier molecular flexibility index (Phi) is 5.78. The van der Waals surface area contributed by atoms with Crippen LogP contribution in [-0.4, -0.2) is 7.11 Å². The summed E-state index contributed by atoms with van der Waals surface area (Å²) in [7, 11) is -8.99. The van der Waals surface area contributed by atoms with Crippen molar-refractivity contribution in [3.8, 4) is 11.8 Å². The van der Waals surface area contributed by atoms with Crippen LogP contribution in [0.2, 0.25) is 0 Å². The molecule has 0 saturated carbocycles. The van der Waals surface area contributed by atoms with Crippen LogP contribution in [0.5, 0.6) is 5.75 Å². The van der Waals surface area contributed by atoms with Crippen molar-refractivity contribution in [1.29, 1.82) is 5.26 Å². The van der Waals surface area contributed by atoms with E-state index in [-0.39, 0.29) is 21.2 Å². The Hall–Kier alpha value is -1.53. The Morgan fingerprint density at radius 3 is 1.92 bits per heavy atom. The van der Waals surface area contributed by atoms with Crippen molar-refractivity contribution >= 4 is 7.81 Å². The summed E-state index contributed by atoms with van der Waals surface area (Å²) in [4.78, 5) is 0. The molecule has 2 aromatic carbocycles. The number of nitrogens with zero attached hydrogens (tertiary/aromatic N) is 1. The number of benzene rings is 2. The SMILES string of the molecule is COc1ccc([I+]c2cccc(C#N)c2)cc1.F[P-](F)(F)(F)(F)F.